The van der Waals surface area contributed by atoms with Crippen LogP contribution in [0.4, 0.5) is 0 Å². The zero-order chi connectivity index (χ0) is 21.6. The second kappa shape index (κ2) is 9.80. The van der Waals surface area contributed by atoms with Gasteiger partial charge < -0.3 is 15.0 Å². The summed E-state index contributed by atoms with van der Waals surface area (Å²) in [7, 11) is 1.63. The first-order valence-corrected chi connectivity index (χ1v) is 10.9. The van der Waals surface area contributed by atoms with Crippen LogP contribution in [0.25, 0.3) is 5.69 Å². The van der Waals surface area contributed by atoms with Crippen LogP contribution in [0.3, 0.4) is 0 Å². The average Bonchev–Trinajstić information content (AvgIpc) is 3.52. The van der Waals surface area contributed by atoms with E-state index < -0.39 is 0 Å². The minimum atomic E-state index is -0.193. The molecule has 31 heavy (non-hydrogen) atoms. The molecule has 162 valence electrons. The predicted molar refractivity (Wildman–Crippen MR) is 117 cm³/mol. The molecule has 1 unspecified atom stereocenters. The molecule has 3 heterocycles. The topological polar surface area (TPSA) is 98.1 Å². The number of rotatable bonds is 8. The lowest BCUT2D eigenvalue weighted by Gasteiger charge is -2.32. The van der Waals surface area contributed by atoms with Crippen molar-refractivity contribution in [3.05, 3.63) is 59.9 Å². The summed E-state index contributed by atoms with van der Waals surface area (Å²) in [4.78, 5) is 14.7. The van der Waals surface area contributed by atoms with Crippen molar-refractivity contribution in [2.45, 2.75) is 18.9 Å². The highest BCUT2D eigenvalue weighted by molar-refractivity contribution is 7.05. The predicted octanol–water partition coefficient (Wildman–Crippen LogP) is 2.23. The molecule has 9 nitrogen and oxygen atoms in total. The van der Waals surface area contributed by atoms with Crippen LogP contribution in [0.2, 0.25) is 0 Å². The fraction of sp³-hybridized carbons (Fsp3) is 0.381. The first-order chi connectivity index (χ1) is 15.2. The van der Waals surface area contributed by atoms with Gasteiger partial charge in [-0.25, -0.2) is 4.37 Å². The molecule has 2 aromatic heterocycles. The standard InChI is InChI=1S/C21H25N7O2S/c1-3-19(29)27-11-8-15(9-12-27)14-22-20(18-7-10-23-31-18)21-24-25-26-28(21)16-5-4-6-17(13-16)30-2/h3-7,10,13,15,20,22H,1,8-9,11-12,14H2,2H3. The Hall–Kier alpha value is -3.11. The van der Waals surface area contributed by atoms with E-state index in [0.717, 1.165) is 48.8 Å². The van der Waals surface area contributed by atoms with Gasteiger partial charge in [0.15, 0.2) is 5.82 Å². The number of nitrogens with one attached hydrogen (secondary N) is 1. The van der Waals surface area contributed by atoms with Gasteiger partial charge >= 0.3 is 0 Å². The number of carbonyl (C=O) groups excluding carboxylic acids is 1. The molecule has 0 spiro atoms. The van der Waals surface area contributed by atoms with Crippen molar-refractivity contribution < 1.29 is 9.53 Å². The van der Waals surface area contributed by atoms with Gasteiger partial charge in [-0.3, -0.25) is 4.79 Å². The number of carbonyl (C=O) groups is 1. The lowest BCUT2D eigenvalue weighted by atomic mass is 9.96. The number of piperidine rings is 1. The van der Waals surface area contributed by atoms with Crippen molar-refractivity contribution in [1.29, 1.82) is 0 Å². The van der Waals surface area contributed by atoms with Crippen LogP contribution in [0.1, 0.15) is 29.6 Å². The number of benzene rings is 1. The third kappa shape index (κ3) is 4.80. The Morgan fingerprint density at radius 1 is 1.39 bits per heavy atom. The number of methoxy groups -OCH3 is 1. The number of aromatic nitrogens is 5. The van der Waals surface area contributed by atoms with Gasteiger partial charge in [0.05, 0.1) is 17.7 Å². The molecule has 1 saturated heterocycles. The molecular formula is C21H25N7O2S. The molecule has 10 heteroatoms. The van der Waals surface area contributed by atoms with E-state index in [-0.39, 0.29) is 11.9 Å². The van der Waals surface area contributed by atoms with Gasteiger partial charge in [-0.05, 0) is 71.5 Å². The van der Waals surface area contributed by atoms with E-state index in [0.29, 0.717) is 11.7 Å². The molecule has 1 aliphatic heterocycles. The van der Waals surface area contributed by atoms with Crippen LogP contribution in [-0.2, 0) is 4.79 Å². The van der Waals surface area contributed by atoms with Crippen molar-refractivity contribution in [1.82, 2.24) is 34.8 Å². The molecule has 0 saturated carbocycles. The fourth-order valence-electron chi connectivity index (χ4n) is 3.76. The van der Waals surface area contributed by atoms with Gasteiger partial charge in [-0.15, -0.1) is 5.10 Å². The van der Waals surface area contributed by atoms with E-state index in [1.165, 1.54) is 17.6 Å². The number of hydrogen-bond acceptors (Lipinski definition) is 8. The Labute approximate surface area is 184 Å². The number of likely N-dealkylation sites (tertiary alicyclic amines) is 1. The molecule has 0 aliphatic carbocycles. The Bertz CT molecular complexity index is 1010. The highest BCUT2D eigenvalue weighted by atomic mass is 32.1. The smallest absolute Gasteiger partial charge is 0.245 e. The van der Waals surface area contributed by atoms with Gasteiger partial charge in [0.25, 0.3) is 0 Å². The van der Waals surface area contributed by atoms with E-state index in [2.05, 4.69) is 31.8 Å². The van der Waals surface area contributed by atoms with E-state index >= 15 is 0 Å². The maximum atomic E-state index is 11.8. The largest absolute Gasteiger partial charge is 0.497 e. The van der Waals surface area contributed by atoms with Gasteiger partial charge in [0.2, 0.25) is 5.91 Å². The highest BCUT2D eigenvalue weighted by Crippen LogP contribution is 2.27. The Balaban J connectivity index is 1.51. The fourth-order valence-corrected chi connectivity index (χ4v) is 4.42. The Morgan fingerprint density at radius 3 is 2.94 bits per heavy atom. The Morgan fingerprint density at radius 2 is 2.23 bits per heavy atom. The minimum Gasteiger partial charge on any atom is -0.497 e. The lowest BCUT2D eigenvalue weighted by Crippen LogP contribution is -2.40. The molecule has 1 atom stereocenters. The summed E-state index contributed by atoms with van der Waals surface area (Å²) in [5, 5.41) is 16.1. The van der Waals surface area contributed by atoms with Crippen LogP contribution >= 0.6 is 11.5 Å². The van der Waals surface area contributed by atoms with E-state index in [4.69, 9.17) is 4.74 Å². The molecule has 1 fully saturated rings. The molecule has 1 aromatic carbocycles. The van der Waals surface area contributed by atoms with Crippen molar-refractivity contribution in [2.75, 3.05) is 26.7 Å². The van der Waals surface area contributed by atoms with Crippen molar-refractivity contribution in [2.24, 2.45) is 5.92 Å². The van der Waals surface area contributed by atoms with Gasteiger partial charge in [0, 0.05) is 25.4 Å². The summed E-state index contributed by atoms with van der Waals surface area (Å²) in [6, 6.07) is 9.43. The van der Waals surface area contributed by atoms with Crippen LogP contribution in [0, 0.1) is 5.92 Å². The van der Waals surface area contributed by atoms with Crippen LogP contribution in [0.5, 0.6) is 5.75 Å². The Kier molecular flexibility index (Phi) is 6.68. The molecule has 1 amide bonds. The quantitative estimate of drug-likeness (QED) is 0.538. The first-order valence-electron chi connectivity index (χ1n) is 10.2. The third-order valence-electron chi connectivity index (χ3n) is 5.50. The van der Waals surface area contributed by atoms with Crippen molar-refractivity contribution in [3.8, 4) is 11.4 Å². The van der Waals surface area contributed by atoms with Gasteiger partial charge in [-0.2, -0.15) is 4.68 Å². The lowest BCUT2D eigenvalue weighted by molar-refractivity contribution is -0.127. The normalized spacial score (nSPS) is 15.6. The first kappa shape index (κ1) is 21.1. The van der Waals surface area contributed by atoms with Crippen LogP contribution in [-0.4, -0.2) is 62.1 Å². The third-order valence-corrected chi connectivity index (χ3v) is 6.31. The zero-order valence-corrected chi connectivity index (χ0v) is 18.2. The van der Waals surface area contributed by atoms with E-state index in [1.807, 2.05) is 35.2 Å². The molecule has 1 N–H and O–H groups in total. The van der Waals surface area contributed by atoms with Crippen molar-refractivity contribution >= 4 is 17.4 Å². The van der Waals surface area contributed by atoms with Crippen LogP contribution < -0.4 is 10.1 Å². The van der Waals surface area contributed by atoms with Crippen molar-refractivity contribution in [3.63, 3.8) is 0 Å². The molecule has 1 aliphatic rings. The van der Waals surface area contributed by atoms with Crippen LogP contribution in [0.15, 0.2) is 49.2 Å². The minimum absolute atomic E-state index is 0.00594. The summed E-state index contributed by atoms with van der Waals surface area (Å²) in [5.41, 5.74) is 0.826. The number of ether oxygens (including phenoxy) is 1. The number of amides is 1. The molecule has 3 aromatic rings. The maximum Gasteiger partial charge on any atom is 0.245 e. The zero-order valence-electron chi connectivity index (χ0n) is 17.3. The summed E-state index contributed by atoms with van der Waals surface area (Å²) in [6.07, 6.45) is 5.07. The average molecular weight is 440 g/mol. The number of tetrazole rings is 1. The van der Waals surface area contributed by atoms with E-state index in [1.54, 1.807) is 18.0 Å². The monoisotopic (exact) mass is 439 g/mol. The van der Waals surface area contributed by atoms with Gasteiger partial charge in [-0.1, -0.05) is 12.6 Å². The summed E-state index contributed by atoms with van der Waals surface area (Å²) >= 11 is 1.42. The molecular weight excluding hydrogens is 414 g/mol. The number of hydrogen-bond donors (Lipinski definition) is 1. The molecule has 0 radical (unpaired) electrons. The summed E-state index contributed by atoms with van der Waals surface area (Å²) in [5.74, 6) is 1.90. The second-order valence-corrected chi connectivity index (χ2v) is 8.24. The molecule has 4 rings (SSSR count). The maximum absolute atomic E-state index is 11.8. The highest BCUT2D eigenvalue weighted by Gasteiger charge is 2.26. The second-order valence-electron chi connectivity index (χ2n) is 7.38. The SMILES string of the molecule is C=CC(=O)N1CCC(CNC(c2ccns2)c2nnnn2-c2cccc(OC)c2)CC1. The summed E-state index contributed by atoms with van der Waals surface area (Å²) in [6.45, 7) is 5.88. The summed E-state index contributed by atoms with van der Waals surface area (Å²) < 4.78 is 11.3. The van der Waals surface area contributed by atoms with Gasteiger partial charge in [0.1, 0.15) is 11.8 Å². The number of nitrogens with zero attached hydrogens (tertiary/aromatic N) is 6. The molecule has 0 bridgehead atoms. The van der Waals surface area contributed by atoms with E-state index in [9.17, 15) is 4.79 Å².